The summed E-state index contributed by atoms with van der Waals surface area (Å²) in [5.74, 6) is 1.71. The molecule has 0 aromatic carbocycles. The maximum Gasteiger partial charge on any atom is 0.309 e. The predicted octanol–water partition coefficient (Wildman–Crippen LogP) is 3.94. The van der Waals surface area contributed by atoms with Gasteiger partial charge in [0.15, 0.2) is 0 Å². The molecule has 0 unspecified atom stereocenters. The Morgan fingerprint density at radius 2 is 1.88 bits per heavy atom. The quantitative estimate of drug-likeness (QED) is 0.568. The van der Waals surface area contributed by atoms with Crippen LogP contribution >= 0.6 is 11.8 Å². The third-order valence-corrected chi connectivity index (χ3v) is 4.65. The van der Waals surface area contributed by atoms with Gasteiger partial charge in [-0.1, -0.05) is 32.6 Å². The molecule has 0 aromatic rings. The number of hydrogen-bond acceptors (Lipinski definition) is 2. The van der Waals surface area contributed by atoms with Crippen LogP contribution in [0.15, 0.2) is 0 Å². The minimum absolute atomic E-state index is 0.384. The van der Waals surface area contributed by atoms with Crippen LogP contribution in [0, 0.1) is 5.41 Å². The highest BCUT2D eigenvalue weighted by Gasteiger charge is 2.37. The molecule has 0 atom stereocenters. The van der Waals surface area contributed by atoms with E-state index in [0.717, 1.165) is 50.0 Å². The average Bonchev–Trinajstić information content (AvgIpc) is 2.51. The highest BCUT2D eigenvalue weighted by Crippen LogP contribution is 2.39. The van der Waals surface area contributed by atoms with E-state index >= 15 is 0 Å². The van der Waals surface area contributed by atoms with Crippen LogP contribution in [-0.2, 0) is 4.79 Å². The minimum Gasteiger partial charge on any atom is -0.481 e. The standard InChI is InChI=1S/C13H24O2S/c1-2-16-11-7-10-13(12(14)15)8-5-3-4-6-9-13/h2-11H2,1H3,(H,14,15). The Morgan fingerprint density at radius 3 is 2.38 bits per heavy atom. The van der Waals surface area contributed by atoms with E-state index in [4.69, 9.17) is 0 Å². The molecule has 16 heavy (non-hydrogen) atoms. The second-order valence-electron chi connectivity index (χ2n) is 4.80. The molecule has 0 radical (unpaired) electrons. The lowest BCUT2D eigenvalue weighted by atomic mass is 9.77. The van der Waals surface area contributed by atoms with Crippen molar-refractivity contribution in [2.45, 2.75) is 58.3 Å². The van der Waals surface area contributed by atoms with E-state index in [1.807, 2.05) is 11.8 Å². The lowest BCUT2D eigenvalue weighted by molar-refractivity contribution is -0.150. The fraction of sp³-hybridized carbons (Fsp3) is 0.923. The molecule has 3 heteroatoms. The van der Waals surface area contributed by atoms with Gasteiger partial charge in [0.2, 0.25) is 0 Å². The van der Waals surface area contributed by atoms with Crippen LogP contribution in [0.4, 0.5) is 0 Å². The van der Waals surface area contributed by atoms with E-state index in [-0.39, 0.29) is 5.41 Å². The predicted molar refractivity (Wildman–Crippen MR) is 70.0 cm³/mol. The number of carbonyl (C=O) groups is 1. The molecule has 0 amide bonds. The highest BCUT2D eigenvalue weighted by atomic mass is 32.2. The summed E-state index contributed by atoms with van der Waals surface area (Å²) < 4.78 is 0. The molecule has 0 aromatic heterocycles. The lowest BCUT2D eigenvalue weighted by Crippen LogP contribution is -2.30. The second kappa shape index (κ2) is 7.21. The van der Waals surface area contributed by atoms with Crippen LogP contribution in [-0.4, -0.2) is 22.6 Å². The summed E-state index contributed by atoms with van der Waals surface area (Å²) in [6.07, 6.45) is 8.40. The van der Waals surface area contributed by atoms with Gasteiger partial charge >= 0.3 is 5.97 Å². The lowest BCUT2D eigenvalue weighted by Gasteiger charge is -2.27. The zero-order chi connectivity index (χ0) is 11.9. The Balaban J connectivity index is 2.46. The van der Waals surface area contributed by atoms with Gasteiger partial charge in [-0.3, -0.25) is 4.79 Å². The first-order valence-electron chi connectivity index (χ1n) is 6.52. The Hall–Kier alpha value is -0.180. The van der Waals surface area contributed by atoms with Gasteiger partial charge in [0.1, 0.15) is 0 Å². The summed E-state index contributed by atoms with van der Waals surface area (Å²) in [6.45, 7) is 2.16. The van der Waals surface area contributed by atoms with Gasteiger partial charge in [-0.15, -0.1) is 0 Å². The number of carboxylic acids is 1. The summed E-state index contributed by atoms with van der Waals surface area (Å²) in [5, 5.41) is 9.46. The van der Waals surface area contributed by atoms with Crippen molar-refractivity contribution in [1.29, 1.82) is 0 Å². The summed E-state index contributed by atoms with van der Waals surface area (Å²) in [4.78, 5) is 11.5. The number of thioether (sulfide) groups is 1. The summed E-state index contributed by atoms with van der Waals surface area (Å²) in [5.41, 5.74) is -0.384. The molecule has 0 spiro atoms. The molecule has 1 saturated carbocycles. The van der Waals surface area contributed by atoms with E-state index in [1.165, 1.54) is 12.8 Å². The number of rotatable bonds is 6. The zero-order valence-electron chi connectivity index (χ0n) is 10.3. The topological polar surface area (TPSA) is 37.3 Å². The van der Waals surface area contributed by atoms with Crippen LogP contribution in [0.1, 0.15) is 58.3 Å². The SMILES string of the molecule is CCSCCCC1(C(=O)O)CCCCCC1. The van der Waals surface area contributed by atoms with Crippen molar-refractivity contribution in [3.8, 4) is 0 Å². The van der Waals surface area contributed by atoms with Crippen molar-refractivity contribution in [1.82, 2.24) is 0 Å². The largest absolute Gasteiger partial charge is 0.481 e. The third-order valence-electron chi connectivity index (χ3n) is 3.66. The molecular weight excluding hydrogens is 220 g/mol. The maximum absolute atomic E-state index is 11.5. The third kappa shape index (κ3) is 4.00. The molecule has 1 N–H and O–H groups in total. The smallest absolute Gasteiger partial charge is 0.309 e. The van der Waals surface area contributed by atoms with Crippen molar-refractivity contribution in [3.05, 3.63) is 0 Å². The maximum atomic E-state index is 11.5. The first-order valence-corrected chi connectivity index (χ1v) is 7.68. The van der Waals surface area contributed by atoms with Gasteiger partial charge in [0, 0.05) is 0 Å². The van der Waals surface area contributed by atoms with Gasteiger partial charge < -0.3 is 5.11 Å². The summed E-state index contributed by atoms with van der Waals surface area (Å²) in [6, 6.07) is 0. The average molecular weight is 244 g/mol. The van der Waals surface area contributed by atoms with Gasteiger partial charge in [0.05, 0.1) is 5.41 Å². The van der Waals surface area contributed by atoms with E-state index in [1.54, 1.807) is 0 Å². The Morgan fingerprint density at radius 1 is 1.25 bits per heavy atom. The van der Waals surface area contributed by atoms with Crippen LogP contribution in [0.3, 0.4) is 0 Å². The molecule has 94 valence electrons. The van der Waals surface area contributed by atoms with E-state index in [9.17, 15) is 9.90 Å². The molecule has 0 aliphatic heterocycles. The summed E-state index contributed by atoms with van der Waals surface area (Å²) >= 11 is 1.92. The summed E-state index contributed by atoms with van der Waals surface area (Å²) in [7, 11) is 0. The van der Waals surface area contributed by atoms with Crippen LogP contribution in [0.25, 0.3) is 0 Å². The molecular formula is C13H24O2S. The van der Waals surface area contributed by atoms with Gasteiger partial charge in [-0.25, -0.2) is 0 Å². The molecule has 0 saturated heterocycles. The van der Waals surface area contributed by atoms with Crippen molar-refractivity contribution in [2.24, 2.45) is 5.41 Å². The van der Waals surface area contributed by atoms with Crippen molar-refractivity contribution in [3.63, 3.8) is 0 Å². The fourth-order valence-corrected chi connectivity index (χ4v) is 3.27. The van der Waals surface area contributed by atoms with E-state index < -0.39 is 5.97 Å². The first-order chi connectivity index (χ1) is 7.71. The molecule has 1 aliphatic rings. The van der Waals surface area contributed by atoms with Crippen molar-refractivity contribution >= 4 is 17.7 Å². The normalized spacial score (nSPS) is 20.3. The zero-order valence-corrected chi connectivity index (χ0v) is 11.2. The van der Waals surface area contributed by atoms with Crippen molar-refractivity contribution in [2.75, 3.05) is 11.5 Å². The minimum atomic E-state index is -0.545. The molecule has 0 heterocycles. The Bertz CT molecular complexity index is 208. The van der Waals surface area contributed by atoms with Crippen LogP contribution < -0.4 is 0 Å². The van der Waals surface area contributed by atoms with Gasteiger partial charge in [0.25, 0.3) is 0 Å². The van der Waals surface area contributed by atoms with Crippen molar-refractivity contribution < 1.29 is 9.90 Å². The Kier molecular flexibility index (Phi) is 6.25. The van der Waals surface area contributed by atoms with Crippen LogP contribution in [0.2, 0.25) is 0 Å². The monoisotopic (exact) mass is 244 g/mol. The number of aliphatic carboxylic acids is 1. The first kappa shape index (κ1) is 13.9. The molecule has 1 aliphatic carbocycles. The Labute approximate surface area is 103 Å². The second-order valence-corrected chi connectivity index (χ2v) is 6.19. The fourth-order valence-electron chi connectivity index (χ4n) is 2.63. The highest BCUT2D eigenvalue weighted by molar-refractivity contribution is 7.99. The molecule has 0 bridgehead atoms. The van der Waals surface area contributed by atoms with E-state index in [0.29, 0.717) is 0 Å². The van der Waals surface area contributed by atoms with Crippen LogP contribution in [0.5, 0.6) is 0 Å². The number of carboxylic acid groups (broad SMARTS) is 1. The molecule has 1 fully saturated rings. The van der Waals surface area contributed by atoms with Gasteiger partial charge in [-0.05, 0) is 37.2 Å². The molecule has 2 nitrogen and oxygen atoms in total. The van der Waals surface area contributed by atoms with Gasteiger partial charge in [-0.2, -0.15) is 11.8 Å². The molecule has 1 rings (SSSR count). The number of hydrogen-bond donors (Lipinski definition) is 1. The van der Waals surface area contributed by atoms with E-state index in [2.05, 4.69) is 6.92 Å².